The summed E-state index contributed by atoms with van der Waals surface area (Å²) in [5, 5.41) is 4.77. The average molecular weight is 473 g/mol. The van der Waals surface area contributed by atoms with E-state index < -0.39 is 0 Å². The average Bonchev–Trinajstić information content (AvgIpc) is 3.25. The number of benzene rings is 1. The quantitative estimate of drug-likeness (QED) is 0.456. The summed E-state index contributed by atoms with van der Waals surface area (Å²) in [6.07, 6.45) is 8.56. The Morgan fingerprint density at radius 2 is 1.91 bits per heavy atom. The topological polar surface area (TPSA) is 78.1 Å². The minimum atomic E-state index is -0.0877. The Morgan fingerprint density at radius 1 is 1.09 bits per heavy atom. The second-order valence-electron chi connectivity index (χ2n) is 8.26. The largest absolute Gasteiger partial charge is 0.351 e. The van der Waals surface area contributed by atoms with Crippen molar-refractivity contribution in [3.05, 3.63) is 64.0 Å². The lowest BCUT2D eigenvalue weighted by molar-refractivity contribution is 0.0686. The second-order valence-corrected chi connectivity index (χ2v) is 9.08. The van der Waals surface area contributed by atoms with E-state index in [0.29, 0.717) is 33.8 Å². The molecule has 0 saturated carbocycles. The molecule has 1 fully saturated rings. The maximum Gasteiger partial charge on any atom is 0.267 e. The third-order valence-electron chi connectivity index (χ3n) is 6.06. The summed E-state index contributed by atoms with van der Waals surface area (Å²) in [7, 11) is 0. The van der Waals surface area contributed by atoms with E-state index in [4.69, 9.17) is 23.2 Å². The summed E-state index contributed by atoms with van der Waals surface area (Å²) >= 11 is 12.0. The van der Waals surface area contributed by atoms with Crippen molar-refractivity contribution in [3.63, 3.8) is 0 Å². The second kappa shape index (κ2) is 10.4. The first-order valence-corrected chi connectivity index (χ1v) is 11.7. The number of fused-ring (bicyclic) bond motifs is 1. The summed E-state index contributed by atoms with van der Waals surface area (Å²) in [6, 6.07) is 8.71. The highest BCUT2D eigenvalue weighted by molar-refractivity contribution is 6.42. The summed E-state index contributed by atoms with van der Waals surface area (Å²) in [6.45, 7) is 2.17. The highest BCUT2D eigenvalue weighted by Crippen LogP contribution is 2.26. The SMILES string of the molecule is O=C(NCCCCC1CCN(C(=O)c2ccc(Cl)c(Cl)c2)CC1)c1cc2cnccc2[nH]1. The van der Waals surface area contributed by atoms with E-state index in [-0.39, 0.29) is 11.8 Å². The van der Waals surface area contributed by atoms with E-state index in [0.717, 1.165) is 56.1 Å². The fraction of sp³-hybridized carbons (Fsp3) is 0.375. The van der Waals surface area contributed by atoms with Gasteiger partial charge in [-0.05, 0) is 55.5 Å². The number of piperidine rings is 1. The van der Waals surface area contributed by atoms with E-state index in [1.54, 1.807) is 30.6 Å². The van der Waals surface area contributed by atoms with E-state index in [1.165, 1.54) is 0 Å². The maximum absolute atomic E-state index is 12.7. The van der Waals surface area contributed by atoms with Gasteiger partial charge in [0.15, 0.2) is 0 Å². The number of nitrogens with zero attached hydrogens (tertiary/aromatic N) is 2. The minimum absolute atomic E-state index is 0.0116. The molecular weight excluding hydrogens is 447 g/mol. The number of carbonyl (C=O) groups is 2. The number of rotatable bonds is 7. The van der Waals surface area contributed by atoms with Gasteiger partial charge in [0, 0.05) is 48.5 Å². The number of unbranched alkanes of at least 4 members (excludes halogenated alkanes) is 1. The molecule has 4 rings (SSSR count). The monoisotopic (exact) mass is 472 g/mol. The molecule has 0 unspecified atom stereocenters. The lowest BCUT2D eigenvalue weighted by Gasteiger charge is -2.32. The van der Waals surface area contributed by atoms with Gasteiger partial charge in [0.25, 0.3) is 11.8 Å². The molecule has 2 aromatic heterocycles. The molecular formula is C24H26Cl2N4O2. The van der Waals surface area contributed by atoms with Crippen LogP contribution in [0.25, 0.3) is 10.9 Å². The first-order chi connectivity index (χ1) is 15.5. The molecule has 1 aliphatic rings. The van der Waals surface area contributed by atoms with Crippen LogP contribution >= 0.6 is 23.2 Å². The van der Waals surface area contributed by atoms with E-state index in [2.05, 4.69) is 15.3 Å². The Bertz CT molecular complexity index is 1070. The van der Waals surface area contributed by atoms with Gasteiger partial charge in [-0.2, -0.15) is 0 Å². The number of aromatic nitrogens is 2. The molecule has 3 heterocycles. The van der Waals surface area contributed by atoms with Crippen LogP contribution in [0.2, 0.25) is 10.0 Å². The molecule has 0 aliphatic carbocycles. The Balaban J connectivity index is 1.14. The van der Waals surface area contributed by atoms with Gasteiger partial charge < -0.3 is 15.2 Å². The Hall–Kier alpha value is -2.57. The molecule has 0 atom stereocenters. The molecule has 8 heteroatoms. The van der Waals surface area contributed by atoms with E-state index >= 15 is 0 Å². The van der Waals surface area contributed by atoms with Gasteiger partial charge in [-0.25, -0.2) is 0 Å². The predicted molar refractivity (Wildman–Crippen MR) is 127 cm³/mol. The highest BCUT2D eigenvalue weighted by atomic mass is 35.5. The van der Waals surface area contributed by atoms with Crippen LogP contribution in [0.1, 0.15) is 53.0 Å². The van der Waals surface area contributed by atoms with Crippen LogP contribution in [0.3, 0.4) is 0 Å². The van der Waals surface area contributed by atoms with Crippen LogP contribution in [-0.2, 0) is 0 Å². The Morgan fingerprint density at radius 3 is 2.66 bits per heavy atom. The van der Waals surface area contributed by atoms with Crippen LogP contribution in [0, 0.1) is 5.92 Å². The van der Waals surface area contributed by atoms with Crippen molar-refractivity contribution in [2.45, 2.75) is 32.1 Å². The smallest absolute Gasteiger partial charge is 0.267 e. The molecule has 168 valence electrons. The molecule has 6 nitrogen and oxygen atoms in total. The lowest BCUT2D eigenvalue weighted by Crippen LogP contribution is -2.38. The number of amides is 2. The number of halogens is 2. The molecule has 0 bridgehead atoms. The summed E-state index contributed by atoms with van der Waals surface area (Å²) in [4.78, 5) is 34.1. The number of nitrogens with one attached hydrogen (secondary N) is 2. The number of aromatic amines is 1. The van der Waals surface area contributed by atoms with Gasteiger partial charge >= 0.3 is 0 Å². The zero-order chi connectivity index (χ0) is 22.5. The molecule has 0 radical (unpaired) electrons. The standard InChI is InChI=1S/C24H26Cl2N4O2/c25-19-5-4-17(13-20(19)26)24(32)30-11-7-16(8-12-30)3-1-2-9-28-23(31)22-14-18-15-27-10-6-21(18)29-22/h4-6,10,13-16,29H,1-3,7-9,11-12H2,(H,28,31). The molecule has 1 aliphatic heterocycles. The molecule has 2 amide bonds. The molecule has 3 aromatic rings. The maximum atomic E-state index is 12.7. The Kier molecular flexibility index (Phi) is 7.33. The normalized spacial score (nSPS) is 14.6. The lowest BCUT2D eigenvalue weighted by atomic mass is 9.91. The van der Waals surface area contributed by atoms with Crippen molar-refractivity contribution in [3.8, 4) is 0 Å². The summed E-state index contributed by atoms with van der Waals surface area (Å²) < 4.78 is 0. The fourth-order valence-electron chi connectivity index (χ4n) is 4.19. The zero-order valence-electron chi connectivity index (χ0n) is 17.7. The van der Waals surface area contributed by atoms with Crippen LogP contribution in [0.4, 0.5) is 0 Å². The van der Waals surface area contributed by atoms with Gasteiger partial charge in [-0.15, -0.1) is 0 Å². The number of H-pyrrole nitrogens is 1. The summed E-state index contributed by atoms with van der Waals surface area (Å²) in [5.74, 6) is 0.539. The van der Waals surface area contributed by atoms with Crippen LogP contribution in [-0.4, -0.2) is 46.3 Å². The van der Waals surface area contributed by atoms with Crippen molar-refractivity contribution in [2.75, 3.05) is 19.6 Å². The van der Waals surface area contributed by atoms with Crippen molar-refractivity contribution < 1.29 is 9.59 Å². The van der Waals surface area contributed by atoms with Crippen molar-refractivity contribution >= 4 is 45.9 Å². The molecule has 32 heavy (non-hydrogen) atoms. The third-order valence-corrected chi connectivity index (χ3v) is 6.80. The van der Waals surface area contributed by atoms with Gasteiger partial charge in [-0.3, -0.25) is 14.6 Å². The number of carbonyl (C=O) groups excluding carboxylic acids is 2. The van der Waals surface area contributed by atoms with Gasteiger partial charge in [0.1, 0.15) is 5.69 Å². The molecule has 0 spiro atoms. The summed E-state index contributed by atoms with van der Waals surface area (Å²) in [5.41, 5.74) is 2.06. The molecule has 1 saturated heterocycles. The first kappa shape index (κ1) is 22.6. The van der Waals surface area contributed by atoms with Crippen molar-refractivity contribution in [1.82, 2.24) is 20.2 Å². The van der Waals surface area contributed by atoms with Crippen LogP contribution < -0.4 is 5.32 Å². The number of hydrogen-bond donors (Lipinski definition) is 2. The van der Waals surface area contributed by atoms with Crippen molar-refractivity contribution in [1.29, 1.82) is 0 Å². The number of pyridine rings is 1. The van der Waals surface area contributed by atoms with Crippen molar-refractivity contribution in [2.24, 2.45) is 5.92 Å². The van der Waals surface area contributed by atoms with Crippen LogP contribution in [0.5, 0.6) is 0 Å². The van der Waals surface area contributed by atoms with Crippen LogP contribution in [0.15, 0.2) is 42.7 Å². The highest BCUT2D eigenvalue weighted by Gasteiger charge is 2.23. The number of hydrogen-bond acceptors (Lipinski definition) is 3. The predicted octanol–water partition coefficient (Wildman–Crippen LogP) is 5.32. The van der Waals surface area contributed by atoms with Gasteiger partial charge in [-0.1, -0.05) is 36.0 Å². The van der Waals surface area contributed by atoms with Gasteiger partial charge in [0.2, 0.25) is 0 Å². The third kappa shape index (κ3) is 5.43. The van der Waals surface area contributed by atoms with Gasteiger partial charge in [0.05, 0.1) is 10.0 Å². The van der Waals surface area contributed by atoms with E-state index in [1.807, 2.05) is 17.0 Å². The van der Waals surface area contributed by atoms with E-state index in [9.17, 15) is 9.59 Å². The first-order valence-electron chi connectivity index (χ1n) is 11.0. The molecule has 2 N–H and O–H groups in total. The Labute approximate surface area is 197 Å². The minimum Gasteiger partial charge on any atom is -0.351 e. The fourth-order valence-corrected chi connectivity index (χ4v) is 4.48. The molecule has 1 aromatic carbocycles. The number of likely N-dealkylation sites (tertiary alicyclic amines) is 1. The zero-order valence-corrected chi connectivity index (χ0v) is 19.3.